The molecule has 0 bridgehead atoms. The Morgan fingerprint density at radius 1 is 1.15 bits per heavy atom. The quantitative estimate of drug-likeness (QED) is 0.453. The van der Waals surface area contributed by atoms with Crippen LogP contribution in [0.1, 0.15) is 86.0 Å². The first-order valence-corrected chi connectivity index (χ1v) is 13.8. The second-order valence-electron chi connectivity index (χ2n) is 14.0. The van der Waals surface area contributed by atoms with E-state index in [1.165, 1.54) is 45.1 Å². The van der Waals surface area contributed by atoms with Crippen molar-refractivity contribution in [3.8, 4) is 0 Å². The minimum absolute atomic E-state index is 0.00601. The number of amides is 1. The van der Waals surface area contributed by atoms with Gasteiger partial charge >= 0.3 is 6.09 Å². The van der Waals surface area contributed by atoms with Gasteiger partial charge < -0.3 is 14.5 Å². The van der Waals surface area contributed by atoms with E-state index < -0.39 is 0 Å². The average Bonchev–Trinajstić information content (AvgIpc) is 3.24. The molecular weight excluding hydrogens is 408 g/mol. The summed E-state index contributed by atoms with van der Waals surface area (Å²) in [6.07, 6.45) is 12.9. The van der Waals surface area contributed by atoms with Gasteiger partial charge in [0.05, 0.1) is 6.61 Å². The molecule has 4 nitrogen and oxygen atoms in total. The molecule has 4 fully saturated rings. The van der Waals surface area contributed by atoms with Gasteiger partial charge in [0.25, 0.3) is 0 Å². The summed E-state index contributed by atoms with van der Waals surface area (Å²) in [6, 6.07) is 1.05. The molecule has 186 valence electrons. The highest BCUT2D eigenvalue weighted by Gasteiger charge is 2.64. The van der Waals surface area contributed by atoms with Gasteiger partial charge in [-0.1, -0.05) is 39.3 Å². The van der Waals surface area contributed by atoms with E-state index in [0.717, 1.165) is 42.6 Å². The van der Waals surface area contributed by atoms with Gasteiger partial charge in [-0.2, -0.15) is 0 Å². The number of ether oxygens (including phenoxy) is 1. The molecular formula is C29H48N2O2. The third-order valence-electron chi connectivity index (χ3n) is 11.1. The van der Waals surface area contributed by atoms with Crippen molar-refractivity contribution in [2.45, 2.75) is 98.1 Å². The highest BCUT2D eigenvalue weighted by molar-refractivity contribution is 5.67. The first kappa shape index (κ1) is 23.7. The number of nitrogens with zero attached hydrogens (tertiary/aromatic N) is 2. The van der Waals surface area contributed by atoms with Crippen molar-refractivity contribution >= 4 is 6.09 Å². The lowest BCUT2D eigenvalue weighted by Gasteiger charge is -2.58. The van der Waals surface area contributed by atoms with Crippen LogP contribution in [0, 0.1) is 39.9 Å². The maximum atomic E-state index is 12.7. The molecule has 5 rings (SSSR count). The lowest BCUT2D eigenvalue weighted by atomic mass is 9.47. The second-order valence-corrected chi connectivity index (χ2v) is 14.0. The highest BCUT2D eigenvalue weighted by Crippen LogP contribution is 2.68. The molecule has 1 saturated heterocycles. The largest absolute Gasteiger partial charge is 0.449 e. The standard InChI is InChI=1S/C29H48N2O2/c1-19-23-10-11-25-22-9-8-20-16-21(31(7)26(32)33-18-27(2,3)4)12-14-28(20,5)24(22)13-15-29(23,25)17-30(19)6/h8,19,21-25H,9-18H2,1-7H3/t19-,21?,22+,23+,24-,25-,28-,29?/m0/s1. The summed E-state index contributed by atoms with van der Waals surface area (Å²) >= 11 is 0. The van der Waals surface area contributed by atoms with Gasteiger partial charge in [0.15, 0.2) is 0 Å². The maximum absolute atomic E-state index is 12.7. The molecule has 2 unspecified atom stereocenters. The van der Waals surface area contributed by atoms with Gasteiger partial charge in [0, 0.05) is 25.7 Å². The average molecular weight is 457 g/mol. The molecule has 0 N–H and O–H groups in total. The van der Waals surface area contributed by atoms with Gasteiger partial charge in [-0.15, -0.1) is 0 Å². The van der Waals surface area contributed by atoms with Gasteiger partial charge in [-0.3, -0.25) is 0 Å². The Morgan fingerprint density at radius 3 is 2.61 bits per heavy atom. The molecule has 0 aromatic carbocycles. The summed E-state index contributed by atoms with van der Waals surface area (Å²) in [5, 5.41) is 0. The summed E-state index contributed by atoms with van der Waals surface area (Å²) < 4.78 is 5.64. The number of hydrogen-bond acceptors (Lipinski definition) is 3. The lowest BCUT2D eigenvalue weighted by molar-refractivity contribution is -0.0437. The van der Waals surface area contributed by atoms with Crippen molar-refractivity contribution < 1.29 is 9.53 Å². The van der Waals surface area contributed by atoms with Crippen LogP contribution in [-0.4, -0.2) is 55.2 Å². The molecule has 33 heavy (non-hydrogen) atoms. The Hall–Kier alpha value is -1.03. The predicted molar refractivity (Wildman–Crippen MR) is 134 cm³/mol. The highest BCUT2D eigenvalue weighted by atomic mass is 16.6. The Morgan fingerprint density at radius 2 is 1.88 bits per heavy atom. The van der Waals surface area contributed by atoms with E-state index in [9.17, 15) is 4.79 Å². The first-order valence-electron chi connectivity index (χ1n) is 13.8. The molecule has 4 aliphatic carbocycles. The van der Waals surface area contributed by atoms with Crippen LogP contribution < -0.4 is 0 Å². The Kier molecular flexibility index (Phi) is 5.74. The van der Waals surface area contributed by atoms with Crippen molar-refractivity contribution in [1.29, 1.82) is 0 Å². The van der Waals surface area contributed by atoms with Crippen molar-refractivity contribution in [2.75, 3.05) is 27.2 Å². The Labute approximate surface area is 202 Å². The van der Waals surface area contributed by atoms with Crippen LogP contribution in [0.4, 0.5) is 4.79 Å². The third kappa shape index (κ3) is 3.69. The number of hydrogen-bond donors (Lipinski definition) is 0. The predicted octanol–water partition coefficient (Wildman–Crippen LogP) is 6.36. The molecule has 5 aliphatic rings. The van der Waals surface area contributed by atoms with Crippen LogP contribution in [0.2, 0.25) is 0 Å². The van der Waals surface area contributed by atoms with Crippen molar-refractivity contribution in [1.82, 2.24) is 9.80 Å². The fourth-order valence-corrected chi connectivity index (χ4v) is 9.30. The van der Waals surface area contributed by atoms with Crippen LogP contribution in [0.5, 0.6) is 0 Å². The summed E-state index contributed by atoms with van der Waals surface area (Å²) in [6.45, 7) is 13.2. The Bertz CT molecular complexity index is 815. The van der Waals surface area contributed by atoms with Crippen molar-refractivity contribution in [2.24, 2.45) is 39.9 Å². The molecule has 4 heteroatoms. The fourth-order valence-electron chi connectivity index (χ4n) is 9.30. The first-order chi connectivity index (χ1) is 15.5. The van der Waals surface area contributed by atoms with Crippen LogP contribution in [0.25, 0.3) is 0 Å². The summed E-state index contributed by atoms with van der Waals surface area (Å²) in [5.74, 6) is 3.57. The molecule has 1 heterocycles. The van der Waals surface area contributed by atoms with Gasteiger partial charge in [0.1, 0.15) is 0 Å². The topological polar surface area (TPSA) is 32.8 Å². The second kappa shape index (κ2) is 8.00. The van der Waals surface area contributed by atoms with Crippen LogP contribution in [0.15, 0.2) is 11.6 Å². The minimum atomic E-state index is -0.149. The smallest absolute Gasteiger partial charge is 0.409 e. The third-order valence-corrected chi connectivity index (χ3v) is 11.1. The monoisotopic (exact) mass is 456 g/mol. The molecule has 1 aliphatic heterocycles. The zero-order valence-corrected chi connectivity index (χ0v) is 22.3. The van der Waals surface area contributed by atoms with E-state index in [1.54, 1.807) is 5.57 Å². The van der Waals surface area contributed by atoms with E-state index in [2.05, 4.69) is 52.6 Å². The van der Waals surface area contributed by atoms with Gasteiger partial charge in [0.2, 0.25) is 0 Å². The van der Waals surface area contributed by atoms with Crippen LogP contribution in [0.3, 0.4) is 0 Å². The van der Waals surface area contributed by atoms with E-state index in [0.29, 0.717) is 17.4 Å². The summed E-state index contributed by atoms with van der Waals surface area (Å²) in [5.41, 5.74) is 2.60. The number of fused-ring (bicyclic) bond motifs is 4. The van der Waals surface area contributed by atoms with Crippen LogP contribution in [-0.2, 0) is 4.74 Å². The van der Waals surface area contributed by atoms with Crippen molar-refractivity contribution in [3.63, 3.8) is 0 Å². The van der Waals surface area contributed by atoms with E-state index >= 15 is 0 Å². The number of carbonyl (C=O) groups is 1. The Balaban J connectivity index is 1.30. The normalized spacial score (nSPS) is 44.9. The van der Waals surface area contributed by atoms with E-state index in [-0.39, 0.29) is 17.6 Å². The molecule has 0 radical (unpaired) electrons. The van der Waals surface area contributed by atoms with Gasteiger partial charge in [-0.25, -0.2) is 4.79 Å². The lowest BCUT2D eigenvalue weighted by Crippen LogP contribution is -2.53. The van der Waals surface area contributed by atoms with Crippen molar-refractivity contribution in [3.05, 3.63) is 11.6 Å². The van der Waals surface area contributed by atoms with E-state index in [4.69, 9.17) is 4.74 Å². The van der Waals surface area contributed by atoms with Crippen LogP contribution >= 0.6 is 0 Å². The zero-order chi connectivity index (χ0) is 23.8. The minimum Gasteiger partial charge on any atom is -0.449 e. The molecule has 8 atom stereocenters. The van der Waals surface area contributed by atoms with Gasteiger partial charge in [-0.05, 0) is 105 Å². The maximum Gasteiger partial charge on any atom is 0.409 e. The number of rotatable bonds is 2. The molecule has 1 spiro atoms. The molecule has 0 aromatic heterocycles. The SMILES string of the molecule is C[C@H]1[C@H]2CC[C@H]3[C@@H]4CC=C5CC(N(C)C(=O)OCC(C)(C)C)CC[C@]5(C)[C@H]4CCC23CN1C. The van der Waals surface area contributed by atoms with E-state index in [1.807, 2.05) is 11.9 Å². The molecule has 3 saturated carbocycles. The number of carbonyl (C=O) groups excluding carboxylic acids is 1. The molecule has 0 aromatic rings. The number of allylic oxidation sites excluding steroid dienone is 1. The summed E-state index contributed by atoms with van der Waals surface area (Å²) in [7, 11) is 4.32. The molecule has 1 amide bonds. The summed E-state index contributed by atoms with van der Waals surface area (Å²) in [4.78, 5) is 17.3. The number of likely N-dealkylation sites (tertiary alicyclic amines) is 1. The fraction of sp³-hybridized carbons (Fsp3) is 0.897. The zero-order valence-electron chi connectivity index (χ0n) is 22.3.